The number of rotatable bonds is 3. The third-order valence-corrected chi connectivity index (χ3v) is 6.90. The van der Waals surface area contributed by atoms with Gasteiger partial charge in [0.2, 0.25) is 5.95 Å². The van der Waals surface area contributed by atoms with E-state index < -0.39 is 5.82 Å². The lowest BCUT2D eigenvalue weighted by Crippen LogP contribution is -2.37. The van der Waals surface area contributed by atoms with Gasteiger partial charge in [-0.15, -0.1) is 0 Å². The first-order valence-corrected chi connectivity index (χ1v) is 11.1. The van der Waals surface area contributed by atoms with Crippen molar-refractivity contribution < 1.29 is 9.50 Å². The number of halogens is 1. The summed E-state index contributed by atoms with van der Waals surface area (Å²) in [6.07, 6.45) is 5.46. The number of phenolic OH excluding ortho intramolecular Hbond substituents is 1. The van der Waals surface area contributed by atoms with Gasteiger partial charge in [-0.05, 0) is 54.0 Å². The second-order valence-corrected chi connectivity index (χ2v) is 8.97. The Hall–Kier alpha value is -3.48. The zero-order valence-electron chi connectivity index (χ0n) is 17.8. The van der Waals surface area contributed by atoms with Crippen molar-refractivity contribution in [2.24, 2.45) is 11.8 Å². The van der Waals surface area contributed by atoms with E-state index in [0.717, 1.165) is 29.7 Å². The molecule has 2 atom stereocenters. The summed E-state index contributed by atoms with van der Waals surface area (Å²) in [6, 6.07) is 10.8. The Kier molecular flexibility index (Phi) is 4.38. The van der Waals surface area contributed by atoms with Gasteiger partial charge in [0.05, 0.1) is 5.39 Å². The number of nitrogens with one attached hydrogen (secondary N) is 1. The lowest BCUT2D eigenvalue weighted by atomic mass is 9.98. The van der Waals surface area contributed by atoms with E-state index >= 15 is 4.39 Å². The normalized spacial score (nSPS) is 20.2. The number of hydrogen-bond acceptors (Lipinski definition) is 6. The van der Waals surface area contributed by atoms with Gasteiger partial charge in [-0.1, -0.05) is 24.3 Å². The van der Waals surface area contributed by atoms with Gasteiger partial charge in [0.15, 0.2) is 5.82 Å². The van der Waals surface area contributed by atoms with Crippen LogP contribution in [0.5, 0.6) is 5.75 Å². The van der Waals surface area contributed by atoms with Gasteiger partial charge in [-0.3, -0.25) is 4.98 Å². The van der Waals surface area contributed by atoms with Gasteiger partial charge in [0.1, 0.15) is 22.8 Å². The molecule has 2 bridgehead atoms. The summed E-state index contributed by atoms with van der Waals surface area (Å²) in [4.78, 5) is 16.0. The standard InChI is InChI=1S/C25H24FN5O/c1-27-25-29-23-20(24(30-25)31-12-14-6-7-15(8-14)13-31)11-28-22(21(23)26)19-10-17(32)9-16-4-2-3-5-18(16)19/h2-5,9-11,14-15,32H,6-8,12-13H2,1H3,(H,27,29,30). The average molecular weight is 429 g/mol. The van der Waals surface area contributed by atoms with Crippen LogP contribution in [0.2, 0.25) is 0 Å². The first-order chi connectivity index (χ1) is 15.6. The van der Waals surface area contributed by atoms with E-state index in [1.807, 2.05) is 24.3 Å². The number of fused-ring (bicyclic) bond motifs is 4. The van der Waals surface area contributed by atoms with E-state index in [1.165, 1.54) is 19.3 Å². The van der Waals surface area contributed by atoms with Crippen molar-refractivity contribution in [1.29, 1.82) is 0 Å². The molecule has 1 saturated carbocycles. The maximum absolute atomic E-state index is 16.0. The van der Waals surface area contributed by atoms with E-state index in [4.69, 9.17) is 4.98 Å². The summed E-state index contributed by atoms with van der Waals surface area (Å²) >= 11 is 0. The van der Waals surface area contributed by atoms with E-state index in [-0.39, 0.29) is 17.0 Å². The predicted octanol–water partition coefficient (Wildman–Crippen LogP) is 4.97. The smallest absolute Gasteiger partial charge is 0.225 e. The number of benzene rings is 2. The van der Waals surface area contributed by atoms with Crippen molar-refractivity contribution in [2.45, 2.75) is 19.3 Å². The molecule has 162 valence electrons. The number of phenols is 1. The first kappa shape index (κ1) is 19.2. The summed E-state index contributed by atoms with van der Waals surface area (Å²) in [5.74, 6) is 2.05. The SMILES string of the molecule is CNc1nc(N2CC3CCC(C3)C2)c2cnc(-c3cc(O)cc4ccccc34)c(F)c2n1. The van der Waals surface area contributed by atoms with E-state index in [9.17, 15) is 5.11 Å². The van der Waals surface area contributed by atoms with E-state index in [1.54, 1.807) is 25.4 Å². The number of pyridine rings is 1. The highest BCUT2D eigenvalue weighted by molar-refractivity contribution is 6.00. The number of hydrogen-bond donors (Lipinski definition) is 2. The van der Waals surface area contributed by atoms with Crippen LogP contribution in [0.15, 0.2) is 42.6 Å². The molecule has 6 nitrogen and oxygen atoms in total. The highest BCUT2D eigenvalue weighted by atomic mass is 19.1. The molecule has 1 aliphatic carbocycles. The van der Waals surface area contributed by atoms with Crippen molar-refractivity contribution in [3.05, 3.63) is 48.4 Å². The number of aromatic hydroxyl groups is 1. The molecule has 4 aromatic rings. The van der Waals surface area contributed by atoms with Crippen LogP contribution in [0.25, 0.3) is 32.9 Å². The minimum absolute atomic E-state index is 0.0723. The minimum Gasteiger partial charge on any atom is -0.508 e. The molecule has 2 unspecified atom stereocenters. The molecule has 0 amide bonds. The Morgan fingerprint density at radius 2 is 1.84 bits per heavy atom. The third kappa shape index (κ3) is 3.03. The highest BCUT2D eigenvalue weighted by Crippen LogP contribution is 2.41. The lowest BCUT2D eigenvalue weighted by molar-refractivity contribution is 0.420. The molecule has 2 fully saturated rings. The van der Waals surface area contributed by atoms with Gasteiger partial charge >= 0.3 is 0 Å². The predicted molar refractivity (Wildman–Crippen MR) is 124 cm³/mol. The molecule has 2 N–H and O–H groups in total. The summed E-state index contributed by atoms with van der Waals surface area (Å²) < 4.78 is 16.0. The van der Waals surface area contributed by atoms with E-state index in [2.05, 4.69) is 20.2 Å². The van der Waals surface area contributed by atoms with Crippen molar-refractivity contribution in [1.82, 2.24) is 15.0 Å². The van der Waals surface area contributed by atoms with Gasteiger partial charge < -0.3 is 15.3 Å². The molecule has 1 saturated heterocycles. The topological polar surface area (TPSA) is 74.2 Å². The van der Waals surface area contributed by atoms with Crippen LogP contribution in [-0.2, 0) is 0 Å². The Morgan fingerprint density at radius 1 is 1.06 bits per heavy atom. The summed E-state index contributed by atoms with van der Waals surface area (Å²) in [5, 5.41) is 15.5. The van der Waals surface area contributed by atoms with Crippen molar-refractivity contribution in [2.75, 3.05) is 30.4 Å². The number of aromatic nitrogens is 3. The lowest BCUT2D eigenvalue weighted by Gasteiger charge is -2.33. The summed E-state index contributed by atoms with van der Waals surface area (Å²) in [6.45, 7) is 1.87. The monoisotopic (exact) mass is 429 g/mol. The van der Waals surface area contributed by atoms with Gasteiger partial charge in [-0.2, -0.15) is 4.98 Å². The molecule has 7 heteroatoms. The van der Waals surface area contributed by atoms with Crippen molar-refractivity contribution in [3.63, 3.8) is 0 Å². The number of piperidine rings is 1. The van der Waals surface area contributed by atoms with Crippen LogP contribution in [-0.4, -0.2) is 40.2 Å². The molecule has 32 heavy (non-hydrogen) atoms. The summed E-state index contributed by atoms with van der Waals surface area (Å²) in [7, 11) is 1.74. The largest absolute Gasteiger partial charge is 0.508 e. The van der Waals surface area contributed by atoms with Crippen LogP contribution in [0.4, 0.5) is 16.2 Å². The number of anilines is 2. The summed E-state index contributed by atoms with van der Waals surface area (Å²) in [5.41, 5.74) is 0.965. The molecule has 2 aliphatic rings. The molecule has 2 aromatic carbocycles. The molecule has 3 heterocycles. The molecular weight excluding hydrogens is 405 g/mol. The molecule has 0 spiro atoms. The maximum atomic E-state index is 16.0. The maximum Gasteiger partial charge on any atom is 0.225 e. The second kappa shape index (κ2) is 7.29. The molecule has 1 aliphatic heterocycles. The Balaban J connectivity index is 1.56. The Bertz CT molecular complexity index is 1350. The third-order valence-electron chi connectivity index (χ3n) is 6.90. The van der Waals surface area contributed by atoms with Crippen LogP contribution in [0.1, 0.15) is 19.3 Å². The minimum atomic E-state index is -0.501. The zero-order valence-corrected chi connectivity index (χ0v) is 17.8. The van der Waals surface area contributed by atoms with Gasteiger partial charge in [0, 0.05) is 31.9 Å². The molecule has 2 aromatic heterocycles. The second-order valence-electron chi connectivity index (χ2n) is 8.97. The van der Waals surface area contributed by atoms with Crippen molar-refractivity contribution in [3.8, 4) is 17.0 Å². The van der Waals surface area contributed by atoms with Crippen LogP contribution < -0.4 is 10.2 Å². The Labute approximate surface area is 185 Å². The van der Waals surface area contributed by atoms with E-state index in [0.29, 0.717) is 28.7 Å². The van der Waals surface area contributed by atoms with Gasteiger partial charge in [0.25, 0.3) is 0 Å². The fraction of sp³-hybridized carbons (Fsp3) is 0.320. The molecule has 6 rings (SSSR count). The highest BCUT2D eigenvalue weighted by Gasteiger charge is 2.34. The molecule has 0 radical (unpaired) electrons. The fourth-order valence-electron chi connectivity index (χ4n) is 5.45. The number of nitrogens with zero attached hydrogens (tertiary/aromatic N) is 4. The average Bonchev–Trinajstić information content (AvgIpc) is 3.15. The van der Waals surface area contributed by atoms with Crippen LogP contribution >= 0.6 is 0 Å². The fourth-order valence-corrected chi connectivity index (χ4v) is 5.45. The van der Waals surface area contributed by atoms with Crippen LogP contribution in [0, 0.1) is 17.7 Å². The van der Waals surface area contributed by atoms with Crippen LogP contribution in [0.3, 0.4) is 0 Å². The zero-order chi connectivity index (χ0) is 21.8. The Morgan fingerprint density at radius 3 is 2.62 bits per heavy atom. The first-order valence-electron chi connectivity index (χ1n) is 11.1. The van der Waals surface area contributed by atoms with Gasteiger partial charge in [-0.25, -0.2) is 9.37 Å². The molecular formula is C25H24FN5O. The quantitative estimate of drug-likeness (QED) is 0.479. The van der Waals surface area contributed by atoms with Crippen molar-refractivity contribution >= 4 is 33.4 Å².